The van der Waals surface area contributed by atoms with Gasteiger partial charge in [-0.05, 0) is 31.6 Å². The number of carboxylic acid groups (broad SMARTS) is 1. The second-order valence-electron chi connectivity index (χ2n) is 5.68. The highest BCUT2D eigenvalue weighted by Gasteiger charge is 2.40. The van der Waals surface area contributed by atoms with E-state index < -0.39 is 11.4 Å². The van der Waals surface area contributed by atoms with Gasteiger partial charge in [-0.25, -0.2) is 4.79 Å². The van der Waals surface area contributed by atoms with Gasteiger partial charge in [0, 0.05) is 33.4 Å². The Morgan fingerprint density at radius 3 is 2.53 bits per heavy atom. The molecule has 2 amide bonds. The van der Waals surface area contributed by atoms with Gasteiger partial charge in [-0.1, -0.05) is 0 Å². The average molecular weight is 270 g/mol. The summed E-state index contributed by atoms with van der Waals surface area (Å²) in [6, 6.07) is -0.181. The lowest BCUT2D eigenvalue weighted by atomic mass is 9.80. The molecule has 1 heterocycles. The smallest absolute Gasteiger partial charge is 0.317 e. The molecular weight excluding hydrogens is 248 g/mol. The van der Waals surface area contributed by atoms with Crippen molar-refractivity contribution in [3.63, 3.8) is 0 Å². The van der Waals surface area contributed by atoms with E-state index in [0.717, 1.165) is 6.54 Å². The van der Waals surface area contributed by atoms with Gasteiger partial charge in [0.2, 0.25) is 0 Å². The molecule has 0 unspecified atom stereocenters. The topological polar surface area (TPSA) is 78.9 Å². The van der Waals surface area contributed by atoms with E-state index in [1.807, 2.05) is 0 Å². The first-order chi connectivity index (χ1) is 9.03. The normalized spacial score (nSPS) is 21.7. The molecule has 0 aromatic heterocycles. The number of amides is 2. The summed E-state index contributed by atoms with van der Waals surface area (Å²) in [5.41, 5.74) is -0.867. The summed E-state index contributed by atoms with van der Waals surface area (Å²) in [6.45, 7) is 1.83. The fraction of sp³-hybridized carbons (Fsp3) is 0.846. The number of ether oxygens (including phenoxy) is 1. The molecule has 19 heavy (non-hydrogen) atoms. The summed E-state index contributed by atoms with van der Waals surface area (Å²) < 4.78 is 5.20. The second kappa shape index (κ2) is 5.77. The van der Waals surface area contributed by atoms with Crippen LogP contribution in [0.4, 0.5) is 4.79 Å². The Balaban J connectivity index is 1.83. The Hall–Kier alpha value is -1.30. The Labute approximate surface area is 113 Å². The summed E-state index contributed by atoms with van der Waals surface area (Å²) in [6.07, 6.45) is 3.28. The van der Waals surface area contributed by atoms with Gasteiger partial charge in [0.1, 0.15) is 0 Å². The quantitative estimate of drug-likeness (QED) is 0.778. The van der Waals surface area contributed by atoms with E-state index in [1.165, 1.54) is 12.8 Å². The van der Waals surface area contributed by atoms with Crippen LogP contribution in [-0.4, -0.2) is 55.4 Å². The third-order valence-corrected chi connectivity index (χ3v) is 4.06. The van der Waals surface area contributed by atoms with Crippen molar-refractivity contribution < 1.29 is 19.4 Å². The van der Waals surface area contributed by atoms with Crippen LogP contribution < -0.4 is 5.32 Å². The van der Waals surface area contributed by atoms with E-state index in [-0.39, 0.29) is 12.6 Å². The number of rotatable bonds is 5. The van der Waals surface area contributed by atoms with Gasteiger partial charge in [-0.15, -0.1) is 0 Å². The minimum absolute atomic E-state index is 0.180. The number of hydrogen-bond acceptors (Lipinski definition) is 3. The van der Waals surface area contributed by atoms with Crippen LogP contribution in [0.2, 0.25) is 0 Å². The molecule has 6 nitrogen and oxygen atoms in total. The van der Waals surface area contributed by atoms with Crippen LogP contribution in [0.25, 0.3) is 0 Å². The first-order valence-corrected chi connectivity index (χ1v) is 6.84. The summed E-state index contributed by atoms with van der Waals surface area (Å²) in [5, 5.41) is 12.1. The van der Waals surface area contributed by atoms with E-state index in [2.05, 4.69) is 5.32 Å². The molecule has 0 aromatic rings. The zero-order valence-corrected chi connectivity index (χ0v) is 11.4. The van der Waals surface area contributed by atoms with Crippen molar-refractivity contribution in [2.45, 2.75) is 25.7 Å². The number of hydrogen-bond donors (Lipinski definition) is 2. The number of carbonyl (C=O) groups excluding carboxylic acids is 1. The van der Waals surface area contributed by atoms with E-state index >= 15 is 0 Å². The highest BCUT2D eigenvalue weighted by Crippen LogP contribution is 2.31. The summed E-state index contributed by atoms with van der Waals surface area (Å²) >= 11 is 0. The maximum atomic E-state index is 11.9. The molecule has 1 aliphatic carbocycles. The fourth-order valence-corrected chi connectivity index (χ4v) is 2.38. The molecule has 0 aromatic carbocycles. The number of carbonyl (C=O) groups is 2. The Morgan fingerprint density at radius 1 is 1.37 bits per heavy atom. The molecule has 2 rings (SSSR count). The first kappa shape index (κ1) is 14.1. The van der Waals surface area contributed by atoms with Crippen LogP contribution in [-0.2, 0) is 9.53 Å². The maximum Gasteiger partial charge on any atom is 0.317 e. The Kier molecular flexibility index (Phi) is 4.29. The Bertz CT molecular complexity index is 349. The van der Waals surface area contributed by atoms with Crippen LogP contribution in [0, 0.1) is 11.3 Å². The molecule has 1 aliphatic heterocycles. The number of aliphatic carboxylic acids is 1. The van der Waals surface area contributed by atoms with Crippen LogP contribution in [0.3, 0.4) is 0 Å². The number of nitrogens with zero attached hydrogens (tertiary/aromatic N) is 1. The molecule has 2 aliphatic rings. The lowest BCUT2D eigenvalue weighted by Gasteiger charge is -2.33. The molecule has 6 heteroatoms. The monoisotopic (exact) mass is 270 g/mol. The molecule has 0 atom stereocenters. The maximum absolute atomic E-state index is 11.9. The minimum Gasteiger partial charge on any atom is -0.481 e. The molecule has 0 bridgehead atoms. The number of carboxylic acids is 1. The SMILES string of the molecule is CN(CC1CC1)C(=O)NCC1(C(=O)O)CCOCC1. The minimum atomic E-state index is -0.867. The van der Waals surface area contributed by atoms with Gasteiger partial charge in [0.05, 0.1) is 5.41 Å². The fourth-order valence-electron chi connectivity index (χ4n) is 2.38. The van der Waals surface area contributed by atoms with E-state index in [0.29, 0.717) is 32.0 Å². The second-order valence-corrected chi connectivity index (χ2v) is 5.68. The van der Waals surface area contributed by atoms with Gasteiger partial charge in [-0.3, -0.25) is 4.79 Å². The van der Waals surface area contributed by atoms with Crippen molar-refractivity contribution in [3.05, 3.63) is 0 Å². The zero-order valence-electron chi connectivity index (χ0n) is 11.4. The predicted octanol–water partition coefficient (Wildman–Crippen LogP) is 0.919. The van der Waals surface area contributed by atoms with Crippen LogP contribution in [0.5, 0.6) is 0 Å². The third kappa shape index (κ3) is 3.59. The molecule has 2 N–H and O–H groups in total. The number of urea groups is 1. The Morgan fingerprint density at radius 2 is 2.00 bits per heavy atom. The molecule has 0 spiro atoms. The van der Waals surface area contributed by atoms with Crippen molar-refractivity contribution in [2.24, 2.45) is 11.3 Å². The third-order valence-electron chi connectivity index (χ3n) is 4.06. The van der Waals surface area contributed by atoms with Crippen molar-refractivity contribution >= 4 is 12.0 Å². The lowest BCUT2D eigenvalue weighted by molar-refractivity contribution is -0.154. The predicted molar refractivity (Wildman–Crippen MR) is 68.9 cm³/mol. The van der Waals surface area contributed by atoms with Gasteiger partial charge >= 0.3 is 12.0 Å². The molecule has 0 radical (unpaired) electrons. The molecular formula is C13H22N2O4. The lowest BCUT2D eigenvalue weighted by Crippen LogP contribution is -2.49. The largest absolute Gasteiger partial charge is 0.481 e. The van der Waals surface area contributed by atoms with Crippen LogP contribution in [0.15, 0.2) is 0 Å². The van der Waals surface area contributed by atoms with E-state index in [9.17, 15) is 14.7 Å². The van der Waals surface area contributed by atoms with Gasteiger partial charge in [0.15, 0.2) is 0 Å². The summed E-state index contributed by atoms with van der Waals surface area (Å²) in [5.74, 6) is -0.215. The van der Waals surface area contributed by atoms with Gasteiger partial charge < -0.3 is 20.1 Å². The van der Waals surface area contributed by atoms with Gasteiger partial charge in [-0.2, -0.15) is 0 Å². The van der Waals surface area contributed by atoms with Crippen LogP contribution in [0.1, 0.15) is 25.7 Å². The summed E-state index contributed by atoms with van der Waals surface area (Å²) in [7, 11) is 1.76. The highest BCUT2D eigenvalue weighted by molar-refractivity contribution is 5.78. The van der Waals surface area contributed by atoms with E-state index in [4.69, 9.17) is 4.74 Å². The van der Waals surface area contributed by atoms with Gasteiger partial charge in [0.25, 0.3) is 0 Å². The van der Waals surface area contributed by atoms with Crippen molar-refractivity contribution in [3.8, 4) is 0 Å². The van der Waals surface area contributed by atoms with Crippen molar-refractivity contribution in [1.82, 2.24) is 10.2 Å². The van der Waals surface area contributed by atoms with Crippen molar-refractivity contribution in [1.29, 1.82) is 0 Å². The van der Waals surface area contributed by atoms with Crippen molar-refractivity contribution in [2.75, 3.05) is 33.4 Å². The van der Waals surface area contributed by atoms with Crippen LogP contribution >= 0.6 is 0 Å². The molecule has 108 valence electrons. The number of nitrogens with one attached hydrogen (secondary N) is 1. The molecule has 1 saturated heterocycles. The van der Waals surface area contributed by atoms with E-state index in [1.54, 1.807) is 11.9 Å². The molecule has 2 fully saturated rings. The highest BCUT2D eigenvalue weighted by atomic mass is 16.5. The first-order valence-electron chi connectivity index (χ1n) is 6.84. The standard InChI is InChI=1S/C13H22N2O4/c1-15(8-10-2-3-10)12(18)14-9-13(11(16)17)4-6-19-7-5-13/h10H,2-9H2,1H3,(H,14,18)(H,16,17). The zero-order chi connectivity index (χ0) is 13.9. The molecule has 1 saturated carbocycles. The summed E-state index contributed by atoms with van der Waals surface area (Å²) in [4.78, 5) is 25.0. The average Bonchev–Trinajstić information content (AvgIpc) is 3.20.